The lowest BCUT2D eigenvalue weighted by Crippen LogP contribution is -2.52. The maximum absolute atomic E-state index is 11.4. The van der Waals surface area contributed by atoms with Crippen molar-refractivity contribution in [3.8, 4) is 0 Å². The van der Waals surface area contributed by atoms with Crippen molar-refractivity contribution in [1.82, 2.24) is 4.90 Å². The summed E-state index contributed by atoms with van der Waals surface area (Å²) in [6, 6.07) is -0.990. The second-order valence-electron chi connectivity index (χ2n) is 3.29. The van der Waals surface area contributed by atoms with E-state index in [0.29, 0.717) is 12.8 Å². The van der Waals surface area contributed by atoms with Gasteiger partial charge in [-0.2, -0.15) is 0 Å². The molecule has 0 aliphatic carbocycles. The highest BCUT2D eigenvalue weighted by atomic mass is 32.2. The van der Waals surface area contributed by atoms with Crippen molar-refractivity contribution in [2.75, 3.05) is 11.5 Å². The van der Waals surface area contributed by atoms with Gasteiger partial charge < -0.3 is 5.11 Å². The van der Waals surface area contributed by atoms with Crippen LogP contribution < -0.4 is 0 Å². The summed E-state index contributed by atoms with van der Waals surface area (Å²) in [5.74, 6) is -1.50. The van der Waals surface area contributed by atoms with Gasteiger partial charge in [-0.05, 0) is 6.42 Å². The molecule has 0 spiro atoms. The van der Waals surface area contributed by atoms with Gasteiger partial charge in [0.25, 0.3) is 0 Å². The Labute approximate surface area is 91.8 Å². The van der Waals surface area contributed by atoms with Gasteiger partial charge >= 0.3 is 5.97 Å². The molecule has 0 saturated carbocycles. The molecule has 6 heteroatoms. The minimum absolute atomic E-state index is 0.194. The molecule has 1 saturated heterocycles. The van der Waals surface area contributed by atoms with Crippen molar-refractivity contribution in [3.05, 3.63) is 0 Å². The van der Waals surface area contributed by atoms with Crippen molar-refractivity contribution in [2.24, 2.45) is 0 Å². The smallest absolute Gasteiger partial charge is 0.326 e. The minimum Gasteiger partial charge on any atom is -0.480 e. The second kappa shape index (κ2) is 5.16. The molecule has 84 valence electrons. The molecule has 1 unspecified atom stereocenters. The van der Waals surface area contributed by atoms with Crippen molar-refractivity contribution in [2.45, 2.75) is 25.8 Å². The standard InChI is InChI=1S/C9H13NO4S/c1-2-3-6(9(13)14)10-7(11)4-15-5-8(10)12/h6H,2-5H2,1H3,(H,13,14). The van der Waals surface area contributed by atoms with E-state index >= 15 is 0 Å². The summed E-state index contributed by atoms with van der Waals surface area (Å²) < 4.78 is 0. The van der Waals surface area contributed by atoms with Gasteiger partial charge in [-0.15, -0.1) is 11.8 Å². The molecule has 2 amide bonds. The van der Waals surface area contributed by atoms with Gasteiger partial charge in [0, 0.05) is 0 Å². The average Bonchev–Trinajstić information content (AvgIpc) is 2.15. The number of amides is 2. The van der Waals surface area contributed by atoms with Crippen LogP contribution in [-0.4, -0.2) is 45.3 Å². The number of carboxylic acid groups (broad SMARTS) is 1. The van der Waals surface area contributed by atoms with Crippen LogP contribution in [0.3, 0.4) is 0 Å². The van der Waals surface area contributed by atoms with E-state index in [1.165, 1.54) is 11.8 Å². The van der Waals surface area contributed by atoms with Gasteiger partial charge in [0.2, 0.25) is 11.8 Å². The topological polar surface area (TPSA) is 74.7 Å². The van der Waals surface area contributed by atoms with E-state index in [9.17, 15) is 14.4 Å². The van der Waals surface area contributed by atoms with E-state index < -0.39 is 23.8 Å². The summed E-state index contributed by atoms with van der Waals surface area (Å²) in [5, 5.41) is 8.94. The number of thioether (sulfide) groups is 1. The molecule has 0 aromatic rings. The Hall–Kier alpha value is -1.04. The van der Waals surface area contributed by atoms with Crippen molar-refractivity contribution in [1.29, 1.82) is 0 Å². The number of nitrogens with zero attached hydrogens (tertiary/aromatic N) is 1. The third-order valence-corrected chi connectivity index (χ3v) is 3.05. The van der Waals surface area contributed by atoms with Crippen LogP contribution in [0, 0.1) is 0 Å². The van der Waals surface area contributed by atoms with E-state index in [1.54, 1.807) is 0 Å². The largest absolute Gasteiger partial charge is 0.480 e. The summed E-state index contributed by atoms with van der Waals surface area (Å²) in [7, 11) is 0. The van der Waals surface area contributed by atoms with Crippen molar-refractivity contribution in [3.63, 3.8) is 0 Å². The van der Waals surface area contributed by atoms with Crippen LogP contribution in [-0.2, 0) is 14.4 Å². The van der Waals surface area contributed by atoms with E-state index in [1.807, 2.05) is 6.92 Å². The molecule has 1 aliphatic heterocycles. The lowest BCUT2D eigenvalue weighted by molar-refractivity contribution is -0.156. The van der Waals surface area contributed by atoms with Gasteiger partial charge in [-0.1, -0.05) is 13.3 Å². The van der Waals surface area contributed by atoms with Gasteiger partial charge in [-0.3, -0.25) is 14.5 Å². The Kier molecular flexibility index (Phi) is 4.14. The molecule has 0 radical (unpaired) electrons. The van der Waals surface area contributed by atoms with E-state index in [2.05, 4.69) is 0 Å². The van der Waals surface area contributed by atoms with Crippen LogP contribution in [0.1, 0.15) is 19.8 Å². The fourth-order valence-electron chi connectivity index (χ4n) is 1.49. The van der Waals surface area contributed by atoms with Gasteiger partial charge in [0.05, 0.1) is 11.5 Å². The van der Waals surface area contributed by atoms with E-state index in [0.717, 1.165) is 4.90 Å². The van der Waals surface area contributed by atoms with Crippen LogP contribution in [0.15, 0.2) is 0 Å². The Morgan fingerprint density at radius 2 is 2.00 bits per heavy atom. The molecular formula is C9H13NO4S. The number of hydrogen-bond donors (Lipinski definition) is 1. The molecule has 0 aromatic heterocycles. The second-order valence-corrected chi connectivity index (χ2v) is 4.28. The third-order valence-electron chi connectivity index (χ3n) is 2.15. The Balaban J connectivity index is 2.83. The monoisotopic (exact) mass is 231 g/mol. The first kappa shape index (κ1) is 12.0. The van der Waals surface area contributed by atoms with Crippen molar-refractivity contribution < 1.29 is 19.5 Å². The summed E-state index contributed by atoms with van der Waals surface area (Å²) in [5.41, 5.74) is 0. The van der Waals surface area contributed by atoms with Crippen LogP contribution in [0.25, 0.3) is 0 Å². The van der Waals surface area contributed by atoms with Crippen LogP contribution in [0.4, 0.5) is 0 Å². The van der Waals surface area contributed by atoms with E-state index in [-0.39, 0.29) is 11.5 Å². The number of carbonyl (C=O) groups is 3. The Morgan fingerprint density at radius 1 is 1.47 bits per heavy atom. The number of carboxylic acids is 1. The molecule has 15 heavy (non-hydrogen) atoms. The van der Waals surface area contributed by atoms with Gasteiger partial charge in [0.15, 0.2) is 0 Å². The highest BCUT2D eigenvalue weighted by molar-refractivity contribution is 8.00. The zero-order chi connectivity index (χ0) is 11.4. The first-order valence-electron chi connectivity index (χ1n) is 4.73. The summed E-state index contributed by atoms with van der Waals surface area (Å²) in [6.45, 7) is 1.82. The fourth-order valence-corrected chi connectivity index (χ4v) is 2.22. The third kappa shape index (κ3) is 2.71. The van der Waals surface area contributed by atoms with Gasteiger partial charge in [-0.25, -0.2) is 4.79 Å². The van der Waals surface area contributed by atoms with Gasteiger partial charge in [0.1, 0.15) is 6.04 Å². The zero-order valence-electron chi connectivity index (χ0n) is 8.43. The number of rotatable bonds is 4. The molecule has 0 bridgehead atoms. The molecular weight excluding hydrogens is 218 g/mol. The Bertz CT molecular complexity index is 276. The molecule has 1 aliphatic rings. The highest BCUT2D eigenvalue weighted by Crippen LogP contribution is 2.17. The SMILES string of the molecule is CCCC(C(=O)O)N1C(=O)CSCC1=O. The lowest BCUT2D eigenvalue weighted by Gasteiger charge is -2.29. The lowest BCUT2D eigenvalue weighted by atomic mass is 10.1. The minimum atomic E-state index is -1.11. The number of aliphatic carboxylic acids is 1. The molecule has 1 heterocycles. The van der Waals surface area contributed by atoms with Crippen molar-refractivity contribution >= 4 is 29.5 Å². The average molecular weight is 231 g/mol. The van der Waals surface area contributed by atoms with Crippen LogP contribution in [0.5, 0.6) is 0 Å². The predicted octanol–water partition coefficient (Wildman–Crippen LogP) is 0.342. The molecule has 1 atom stereocenters. The predicted molar refractivity (Wildman–Crippen MR) is 55.5 cm³/mol. The number of imide groups is 1. The van der Waals surface area contributed by atoms with Crippen LogP contribution >= 0.6 is 11.8 Å². The summed E-state index contributed by atoms with van der Waals surface area (Å²) >= 11 is 1.23. The highest BCUT2D eigenvalue weighted by Gasteiger charge is 2.36. The molecule has 1 rings (SSSR count). The molecule has 0 aromatic carbocycles. The zero-order valence-corrected chi connectivity index (χ0v) is 9.25. The van der Waals surface area contributed by atoms with Crippen LogP contribution in [0.2, 0.25) is 0 Å². The number of carbonyl (C=O) groups excluding carboxylic acids is 2. The number of hydrogen-bond acceptors (Lipinski definition) is 4. The quantitative estimate of drug-likeness (QED) is 0.706. The summed E-state index contributed by atoms with van der Waals surface area (Å²) in [6.07, 6.45) is 0.943. The maximum atomic E-state index is 11.4. The molecule has 1 N–H and O–H groups in total. The first-order valence-corrected chi connectivity index (χ1v) is 5.88. The molecule has 5 nitrogen and oxygen atoms in total. The summed E-state index contributed by atoms with van der Waals surface area (Å²) in [4.78, 5) is 34.7. The van der Waals surface area contributed by atoms with E-state index in [4.69, 9.17) is 5.11 Å². The normalized spacial score (nSPS) is 19.1. The Morgan fingerprint density at radius 3 is 2.40 bits per heavy atom. The first-order chi connectivity index (χ1) is 7.07. The maximum Gasteiger partial charge on any atom is 0.326 e. The molecule has 1 fully saturated rings. The fraction of sp³-hybridized carbons (Fsp3) is 0.667.